The van der Waals surface area contributed by atoms with E-state index in [1.807, 2.05) is 0 Å². The number of hydrogen-bond acceptors (Lipinski definition) is 3. The molecule has 1 aromatic rings. The summed E-state index contributed by atoms with van der Waals surface area (Å²) < 4.78 is 34.7. The minimum absolute atomic E-state index is 0.354. The van der Waals surface area contributed by atoms with E-state index in [4.69, 9.17) is 9.47 Å². The van der Waals surface area contributed by atoms with Gasteiger partial charge >= 0.3 is 0 Å². The van der Waals surface area contributed by atoms with Crippen molar-refractivity contribution < 1.29 is 18.1 Å². The van der Waals surface area contributed by atoms with E-state index < -0.39 is 10.8 Å². The zero-order valence-electron chi connectivity index (χ0n) is 9.86. The summed E-state index contributed by atoms with van der Waals surface area (Å²) >= 11 is 0. The van der Waals surface area contributed by atoms with Crippen molar-refractivity contribution in [3.63, 3.8) is 0 Å². The van der Waals surface area contributed by atoms with Gasteiger partial charge in [-0.1, -0.05) is 6.07 Å². The van der Waals surface area contributed by atoms with E-state index in [-0.39, 0.29) is 5.82 Å². The molecule has 0 fully saturated rings. The van der Waals surface area contributed by atoms with Crippen molar-refractivity contribution in [2.24, 2.45) is 0 Å². The van der Waals surface area contributed by atoms with Gasteiger partial charge in [-0.05, 0) is 24.6 Å². The molecular formula is C12H17FO3S. The monoisotopic (exact) mass is 260 g/mol. The molecule has 1 aromatic carbocycles. The van der Waals surface area contributed by atoms with Crippen LogP contribution in [0.1, 0.15) is 6.42 Å². The molecule has 0 heterocycles. The van der Waals surface area contributed by atoms with Crippen LogP contribution in [0.3, 0.4) is 0 Å². The fourth-order valence-electron chi connectivity index (χ4n) is 1.26. The standard InChI is InChI=1S/C12H17FO3S/c1-15-7-8-16-6-3-9-17(14)12-5-2-4-11(13)10-12/h2,4-5,10H,3,6-9H2,1H3. The van der Waals surface area contributed by atoms with E-state index in [0.717, 1.165) is 0 Å². The molecule has 0 spiro atoms. The van der Waals surface area contributed by atoms with Crippen LogP contribution in [0, 0.1) is 5.82 Å². The highest BCUT2D eigenvalue weighted by atomic mass is 32.2. The lowest BCUT2D eigenvalue weighted by molar-refractivity contribution is 0.0713. The van der Waals surface area contributed by atoms with Crippen LogP contribution in [0.2, 0.25) is 0 Å². The molecular weight excluding hydrogens is 243 g/mol. The highest BCUT2D eigenvalue weighted by molar-refractivity contribution is 7.85. The van der Waals surface area contributed by atoms with Gasteiger partial charge < -0.3 is 9.47 Å². The minimum Gasteiger partial charge on any atom is -0.382 e. The zero-order chi connectivity index (χ0) is 12.5. The van der Waals surface area contributed by atoms with Crippen molar-refractivity contribution in [1.82, 2.24) is 0 Å². The minimum atomic E-state index is -1.15. The first kappa shape index (κ1) is 14.3. The SMILES string of the molecule is COCCOCCCS(=O)c1cccc(F)c1. The Morgan fingerprint density at radius 1 is 1.29 bits per heavy atom. The first-order chi connectivity index (χ1) is 8.24. The Bertz CT molecular complexity index is 357. The van der Waals surface area contributed by atoms with E-state index in [0.29, 0.717) is 36.9 Å². The average Bonchev–Trinajstić information content (AvgIpc) is 2.33. The van der Waals surface area contributed by atoms with Crippen molar-refractivity contribution in [3.8, 4) is 0 Å². The highest BCUT2D eigenvalue weighted by Gasteiger charge is 2.04. The summed E-state index contributed by atoms with van der Waals surface area (Å²) in [7, 11) is 0.461. The maximum absolute atomic E-state index is 12.9. The normalized spacial score (nSPS) is 12.6. The molecule has 1 atom stereocenters. The molecule has 96 valence electrons. The summed E-state index contributed by atoms with van der Waals surface area (Å²) in [6.45, 7) is 1.65. The molecule has 0 bridgehead atoms. The van der Waals surface area contributed by atoms with Gasteiger partial charge in [0.1, 0.15) is 5.82 Å². The van der Waals surface area contributed by atoms with Gasteiger partial charge in [-0.3, -0.25) is 4.21 Å². The molecule has 0 aliphatic heterocycles. The maximum Gasteiger partial charge on any atom is 0.124 e. The molecule has 0 aromatic heterocycles. The van der Waals surface area contributed by atoms with E-state index in [2.05, 4.69) is 0 Å². The van der Waals surface area contributed by atoms with Crippen LogP contribution in [0.25, 0.3) is 0 Å². The lowest BCUT2D eigenvalue weighted by Crippen LogP contribution is -2.06. The Kier molecular flexibility index (Phi) is 7.00. The van der Waals surface area contributed by atoms with E-state index >= 15 is 0 Å². The summed E-state index contributed by atoms with van der Waals surface area (Å²) in [6, 6.07) is 5.89. The maximum atomic E-state index is 12.9. The van der Waals surface area contributed by atoms with Crippen molar-refractivity contribution in [3.05, 3.63) is 30.1 Å². The van der Waals surface area contributed by atoms with Gasteiger partial charge in [0.25, 0.3) is 0 Å². The molecule has 5 heteroatoms. The summed E-state index contributed by atoms with van der Waals surface area (Å²) in [4.78, 5) is 0.530. The van der Waals surface area contributed by atoms with Gasteiger partial charge in [0.05, 0.1) is 24.0 Å². The van der Waals surface area contributed by atoms with Crippen molar-refractivity contribution >= 4 is 10.8 Å². The lowest BCUT2D eigenvalue weighted by Gasteiger charge is -2.04. The summed E-state index contributed by atoms with van der Waals surface area (Å²) in [5.74, 6) is 0.128. The van der Waals surface area contributed by atoms with Crippen molar-refractivity contribution in [2.75, 3.05) is 32.7 Å². The Morgan fingerprint density at radius 3 is 2.82 bits per heavy atom. The van der Waals surface area contributed by atoms with Gasteiger partial charge in [0, 0.05) is 24.4 Å². The van der Waals surface area contributed by atoms with Gasteiger partial charge in [-0.2, -0.15) is 0 Å². The molecule has 0 aliphatic rings. The molecule has 1 unspecified atom stereocenters. The Hall–Kier alpha value is -0.780. The number of ether oxygens (including phenoxy) is 2. The first-order valence-corrected chi connectivity index (χ1v) is 6.76. The lowest BCUT2D eigenvalue weighted by atomic mass is 10.4. The number of methoxy groups -OCH3 is 1. The average molecular weight is 260 g/mol. The predicted octanol–water partition coefficient (Wildman–Crippen LogP) is 1.99. The Morgan fingerprint density at radius 2 is 2.12 bits per heavy atom. The van der Waals surface area contributed by atoms with Crippen LogP contribution in [0.5, 0.6) is 0 Å². The van der Waals surface area contributed by atoms with Gasteiger partial charge in [-0.25, -0.2) is 4.39 Å². The second-order valence-corrected chi connectivity index (χ2v) is 5.04. The number of hydrogen-bond donors (Lipinski definition) is 0. The second-order valence-electron chi connectivity index (χ2n) is 3.47. The first-order valence-electron chi connectivity index (χ1n) is 5.44. The molecule has 3 nitrogen and oxygen atoms in total. The van der Waals surface area contributed by atoms with E-state index in [1.165, 1.54) is 12.1 Å². The summed E-state index contributed by atoms with van der Waals surface area (Å²) in [5.41, 5.74) is 0. The van der Waals surface area contributed by atoms with Crippen molar-refractivity contribution in [2.45, 2.75) is 11.3 Å². The third-order valence-corrected chi connectivity index (χ3v) is 3.55. The van der Waals surface area contributed by atoms with Gasteiger partial charge in [0.2, 0.25) is 0 Å². The van der Waals surface area contributed by atoms with Crippen LogP contribution < -0.4 is 0 Å². The predicted molar refractivity (Wildman–Crippen MR) is 65.0 cm³/mol. The third kappa shape index (κ3) is 5.91. The molecule has 0 aliphatic carbocycles. The highest BCUT2D eigenvalue weighted by Crippen LogP contribution is 2.09. The molecule has 0 saturated heterocycles. The van der Waals surface area contributed by atoms with E-state index in [9.17, 15) is 8.60 Å². The molecule has 0 amide bonds. The Balaban J connectivity index is 2.21. The molecule has 0 saturated carbocycles. The second kappa shape index (κ2) is 8.33. The molecule has 17 heavy (non-hydrogen) atoms. The summed E-state index contributed by atoms with van der Waals surface area (Å²) in [6.07, 6.45) is 0.687. The zero-order valence-corrected chi connectivity index (χ0v) is 10.7. The number of rotatable bonds is 8. The quantitative estimate of drug-likeness (QED) is 0.671. The van der Waals surface area contributed by atoms with Crippen LogP contribution in [-0.4, -0.2) is 36.9 Å². The molecule has 0 N–H and O–H groups in total. The van der Waals surface area contributed by atoms with Crippen LogP contribution in [0.4, 0.5) is 4.39 Å². The fourth-order valence-corrected chi connectivity index (χ4v) is 2.35. The van der Waals surface area contributed by atoms with Crippen LogP contribution in [0.15, 0.2) is 29.2 Å². The largest absolute Gasteiger partial charge is 0.382 e. The Labute approximate surface area is 103 Å². The van der Waals surface area contributed by atoms with Gasteiger partial charge in [-0.15, -0.1) is 0 Å². The van der Waals surface area contributed by atoms with Crippen LogP contribution in [-0.2, 0) is 20.3 Å². The smallest absolute Gasteiger partial charge is 0.124 e. The number of benzene rings is 1. The molecule has 1 rings (SSSR count). The van der Waals surface area contributed by atoms with E-state index in [1.54, 1.807) is 19.2 Å². The topological polar surface area (TPSA) is 35.5 Å². The molecule has 0 radical (unpaired) electrons. The van der Waals surface area contributed by atoms with Gasteiger partial charge in [0.15, 0.2) is 0 Å². The number of halogens is 1. The van der Waals surface area contributed by atoms with Crippen LogP contribution >= 0.6 is 0 Å². The fraction of sp³-hybridized carbons (Fsp3) is 0.500. The third-order valence-electron chi connectivity index (χ3n) is 2.11. The van der Waals surface area contributed by atoms with Crippen molar-refractivity contribution in [1.29, 1.82) is 0 Å². The summed E-state index contributed by atoms with van der Waals surface area (Å²) in [5, 5.41) is 0.